The van der Waals surface area contributed by atoms with Crippen LogP contribution in [0.3, 0.4) is 0 Å². The van der Waals surface area contributed by atoms with Gasteiger partial charge in [-0.2, -0.15) is 0 Å². The van der Waals surface area contributed by atoms with E-state index < -0.39 is 54.1 Å². The highest BCUT2D eigenvalue weighted by Gasteiger charge is 2.56. The van der Waals surface area contributed by atoms with Gasteiger partial charge in [-0.15, -0.1) is 0 Å². The number of alkyl halides is 2. The van der Waals surface area contributed by atoms with Crippen LogP contribution >= 0.6 is 30.8 Å². The van der Waals surface area contributed by atoms with E-state index in [-0.39, 0.29) is 29.9 Å². The third-order valence-corrected chi connectivity index (χ3v) is 8.90. The van der Waals surface area contributed by atoms with E-state index in [4.69, 9.17) is 37.0 Å². The molecule has 0 radical (unpaired) electrons. The van der Waals surface area contributed by atoms with Crippen LogP contribution in [-0.2, 0) is 29.8 Å². The van der Waals surface area contributed by atoms with E-state index in [0.717, 1.165) is 16.8 Å². The lowest BCUT2D eigenvalue weighted by molar-refractivity contribution is -0.120. The van der Waals surface area contributed by atoms with Crippen molar-refractivity contribution in [2.24, 2.45) is 5.92 Å². The number of aromatic amines is 1. The van der Waals surface area contributed by atoms with Gasteiger partial charge in [0.1, 0.15) is 29.5 Å². The quantitative estimate of drug-likeness (QED) is 0.280. The molecule has 38 heavy (non-hydrogen) atoms. The van der Waals surface area contributed by atoms with Gasteiger partial charge in [-0.1, -0.05) is 48.3 Å². The molecule has 3 rings (SSSR count). The van der Waals surface area contributed by atoms with Gasteiger partial charge < -0.3 is 19.2 Å². The minimum Gasteiger partial charge on any atom is -0.424 e. The molecular weight excluding hydrogens is 562 g/mol. The maximum absolute atomic E-state index is 13.9. The highest BCUT2D eigenvalue weighted by Crippen LogP contribution is 2.53. The lowest BCUT2D eigenvalue weighted by Crippen LogP contribution is -2.41. The van der Waals surface area contributed by atoms with Crippen LogP contribution in [0.2, 0.25) is 0 Å². The zero-order valence-corrected chi connectivity index (χ0v) is 23.4. The molecule has 11 nitrogen and oxygen atoms in total. The minimum atomic E-state index is -4.05. The van der Waals surface area contributed by atoms with Crippen LogP contribution in [0, 0.1) is 5.92 Å². The number of ether oxygens (including phenoxy) is 1. The van der Waals surface area contributed by atoms with Crippen molar-refractivity contribution in [3.63, 3.8) is 0 Å². The molecule has 0 aliphatic carbocycles. The average molecular weight is 591 g/mol. The van der Waals surface area contributed by atoms with Crippen LogP contribution in [-0.4, -0.2) is 55.5 Å². The lowest BCUT2D eigenvalue weighted by Gasteiger charge is -2.25. The molecule has 2 heterocycles. The SMILES string of the molecule is CC(=O)CCc1ccccc1OP(=O)(C[C@@H](C)C(C)=O)OC[C@H]1O[C@@H](n2ccc(=O)[nH]c2=O)C(Cl)(Cl)[C@H]1O. The van der Waals surface area contributed by atoms with Gasteiger partial charge in [0, 0.05) is 24.6 Å². The van der Waals surface area contributed by atoms with Crippen LogP contribution < -0.4 is 15.8 Å². The number of rotatable bonds is 12. The van der Waals surface area contributed by atoms with E-state index in [1.165, 1.54) is 13.8 Å². The number of halogens is 2. The molecule has 0 amide bonds. The van der Waals surface area contributed by atoms with Crippen LogP contribution in [0.1, 0.15) is 39.0 Å². The zero-order valence-electron chi connectivity index (χ0n) is 21.0. The number of nitrogens with zero attached hydrogens (tertiary/aromatic N) is 1. The van der Waals surface area contributed by atoms with Gasteiger partial charge in [-0.25, -0.2) is 9.36 Å². The van der Waals surface area contributed by atoms with Crippen molar-refractivity contribution in [2.45, 2.75) is 56.4 Å². The first kappa shape index (κ1) is 30.3. The maximum Gasteiger partial charge on any atom is 0.380 e. The number of carbonyl (C=O) groups excluding carboxylic acids is 2. The first-order chi connectivity index (χ1) is 17.7. The Labute approximate surface area is 228 Å². The molecule has 1 unspecified atom stereocenters. The summed E-state index contributed by atoms with van der Waals surface area (Å²) in [6.07, 6.45) is -2.85. The Balaban J connectivity index is 1.84. The summed E-state index contributed by atoms with van der Waals surface area (Å²) in [5.41, 5.74) is -0.897. The number of aryl methyl sites for hydroxylation is 1. The molecule has 14 heteroatoms. The second-order valence-corrected chi connectivity index (χ2v) is 12.6. The fourth-order valence-electron chi connectivity index (χ4n) is 3.75. The number of carbonyl (C=O) groups is 2. The Hall–Kier alpha value is -2.27. The summed E-state index contributed by atoms with van der Waals surface area (Å²) in [4.78, 5) is 49.1. The molecule has 2 aromatic rings. The van der Waals surface area contributed by atoms with Crippen molar-refractivity contribution in [1.82, 2.24) is 9.55 Å². The van der Waals surface area contributed by atoms with E-state index in [2.05, 4.69) is 0 Å². The zero-order chi connectivity index (χ0) is 28.3. The number of hydrogen-bond donors (Lipinski definition) is 2. The maximum atomic E-state index is 13.9. The molecule has 0 bridgehead atoms. The summed E-state index contributed by atoms with van der Waals surface area (Å²) in [6.45, 7) is 3.86. The van der Waals surface area contributed by atoms with Gasteiger partial charge >= 0.3 is 13.3 Å². The average Bonchev–Trinajstić information content (AvgIpc) is 3.05. The second-order valence-electron chi connectivity index (χ2n) is 9.17. The van der Waals surface area contributed by atoms with Crippen LogP contribution in [0.4, 0.5) is 0 Å². The van der Waals surface area contributed by atoms with Crippen molar-refractivity contribution in [1.29, 1.82) is 0 Å². The third-order valence-electron chi connectivity index (χ3n) is 6.07. The Kier molecular flexibility index (Phi) is 9.78. The number of Topliss-reactive ketones (excluding diaryl/α,β-unsaturated/α-hetero) is 2. The summed E-state index contributed by atoms with van der Waals surface area (Å²) < 4.78 is 30.0. The summed E-state index contributed by atoms with van der Waals surface area (Å²) in [5.74, 6) is -0.731. The highest BCUT2D eigenvalue weighted by molar-refractivity contribution is 7.54. The van der Waals surface area contributed by atoms with Crippen molar-refractivity contribution in [3.8, 4) is 5.75 Å². The highest BCUT2D eigenvalue weighted by atomic mass is 35.5. The smallest absolute Gasteiger partial charge is 0.380 e. The van der Waals surface area contributed by atoms with Crippen molar-refractivity contribution < 1.29 is 33.0 Å². The first-order valence-electron chi connectivity index (χ1n) is 11.8. The van der Waals surface area contributed by atoms with E-state index in [9.17, 15) is 28.8 Å². The number of aromatic nitrogens is 2. The molecule has 1 aromatic heterocycles. The van der Waals surface area contributed by atoms with E-state index >= 15 is 0 Å². The number of nitrogens with one attached hydrogen (secondary N) is 1. The van der Waals surface area contributed by atoms with Crippen molar-refractivity contribution in [2.75, 3.05) is 12.8 Å². The molecule has 1 aromatic carbocycles. The Bertz CT molecular complexity index is 1340. The fraction of sp³-hybridized carbons (Fsp3) is 0.500. The minimum absolute atomic E-state index is 0.0291. The number of benzene rings is 1. The van der Waals surface area contributed by atoms with Crippen LogP contribution in [0.5, 0.6) is 5.75 Å². The molecule has 1 fully saturated rings. The van der Waals surface area contributed by atoms with E-state index in [1.54, 1.807) is 31.2 Å². The Morgan fingerprint density at radius 1 is 1.24 bits per heavy atom. The monoisotopic (exact) mass is 590 g/mol. The second kappa shape index (κ2) is 12.3. The van der Waals surface area contributed by atoms with Gasteiger partial charge in [0.15, 0.2) is 10.6 Å². The molecule has 208 valence electrons. The van der Waals surface area contributed by atoms with Gasteiger partial charge in [-0.05, 0) is 31.9 Å². The van der Waals surface area contributed by atoms with Gasteiger partial charge in [-0.3, -0.25) is 23.7 Å². The van der Waals surface area contributed by atoms with Gasteiger partial charge in [0.05, 0.1) is 12.8 Å². The largest absolute Gasteiger partial charge is 0.424 e. The standard InChI is InChI=1S/C24H29Cl2N2O9P/c1-14(16(3)30)13-38(34,37-18-7-5-4-6-17(18)9-8-15(2)29)35-12-19-21(32)24(25,26)22(36-19)28-11-10-20(31)27-23(28)33/h4-7,10-11,14,19,21-22,32H,8-9,12-13H2,1-3H3,(H,27,31,33)/t14-,19-,21+,22-,38?/m1/s1. The van der Waals surface area contributed by atoms with E-state index in [1.807, 2.05) is 4.98 Å². The lowest BCUT2D eigenvalue weighted by atomic mass is 10.1. The fourth-order valence-corrected chi connectivity index (χ4v) is 6.35. The topological polar surface area (TPSA) is 154 Å². The predicted molar refractivity (Wildman–Crippen MR) is 140 cm³/mol. The summed E-state index contributed by atoms with van der Waals surface area (Å²) >= 11 is 12.6. The normalized spacial score (nSPS) is 22.9. The summed E-state index contributed by atoms with van der Waals surface area (Å²) in [6, 6.07) is 7.76. The number of ketones is 2. The summed E-state index contributed by atoms with van der Waals surface area (Å²) in [5, 5.41) is 10.7. The Morgan fingerprint density at radius 2 is 1.92 bits per heavy atom. The third kappa shape index (κ3) is 7.22. The van der Waals surface area contributed by atoms with Crippen LogP contribution in [0.15, 0.2) is 46.1 Å². The molecule has 2 N–H and O–H groups in total. The first-order valence-corrected chi connectivity index (χ1v) is 14.3. The molecule has 0 saturated carbocycles. The van der Waals surface area contributed by atoms with Crippen LogP contribution in [0.25, 0.3) is 0 Å². The Morgan fingerprint density at radius 3 is 2.55 bits per heavy atom. The molecule has 1 saturated heterocycles. The van der Waals surface area contributed by atoms with Gasteiger partial charge in [0.2, 0.25) is 0 Å². The van der Waals surface area contributed by atoms with E-state index in [0.29, 0.717) is 12.0 Å². The van der Waals surface area contributed by atoms with Gasteiger partial charge in [0.25, 0.3) is 5.56 Å². The predicted octanol–water partition coefficient (Wildman–Crippen LogP) is 3.00. The number of H-pyrrole nitrogens is 1. The number of aliphatic hydroxyl groups excluding tert-OH is 1. The molecule has 1 aliphatic rings. The molecule has 0 spiro atoms. The molecular formula is C24H29Cl2N2O9P. The summed E-state index contributed by atoms with van der Waals surface area (Å²) in [7, 11) is -4.05. The van der Waals surface area contributed by atoms with Crippen molar-refractivity contribution in [3.05, 3.63) is 62.9 Å². The number of hydrogen-bond acceptors (Lipinski definition) is 9. The number of para-hydroxylation sites is 1. The molecule has 5 atom stereocenters. The van der Waals surface area contributed by atoms with Crippen molar-refractivity contribution >= 4 is 42.4 Å². The number of aliphatic hydroxyl groups is 1. The molecule has 1 aliphatic heterocycles.